The van der Waals surface area contributed by atoms with Crippen LogP contribution in [0, 0.1) is 11.3 Å². The van der Waals surface area contributed by atoms with Gasteiger partial charge in [0.2, 0.25) is 0 Å². The van der Waals surface area contributed by atoms with Gasteiger partial charge in [0.25, 0.3) is 0 Å². The van der Waals surface area contributed by atoms with Crippen LogP contribution in [0.2, 0.25) is 0 Å². The second-order valence-corrected chi connectivity index (χ2v) is 7.34. The molecule has 1 aliphatic heterocycles. The predicted molar refractivity (Wildman–Crippen MR) is 98.9 cm³/mol. The Morgan fingerprint density at radius 1 is 1.41 bits per heavy atom. The average Bonchev–Trinajstić information content (AvgIpc) is 2.82. The van der Waals surface area contributed by atoms with E-state index < -0.39 is 0 Å². The summed E-state index contributed by atoms with van der Waals surface area (Å²) in [6.45, 7) is 5.82. The van der Waals surface area contributed by atoms with Gasteiger partial charge in [-0.15, -0.1) is 24.0 Å². The van der Waals surface area contributed by atoms with Crippen LogP contribution in [-0.4, -0.2) is 51.0 Å². The highest BCUT2D eigenvalue weighted by Gasteiger charge is 2.66. The molecule has 128 valence electrons. The molecular formula is C16H30IN3O2. The normalized spacial score (nSPS) is 32.5. The summed E-state index contributed by atoms with van der Waals surface area (Å²) in [6.07, 6.45) is 5.62. The van der Waals surface area contributed by atoms with Gasteiger partial charge in [0, 0.05) is 44.7 Å². The van der Waals surface area contributed by atoms with E-state index in [2.05, 4.69) is 29.5 Å². The average molecular weight is 423 g/mol. The van der Waals surface area contributed by atoms with Gasteiger partial charge >= 0.3 is 0 Å². The van der Waals surface area contributed by atoms with Crippen molar-refractivity contribution in [1.29, 1.82) is 0 Å². The molecule has 0 aromatic rings. The maximum atomic E-state index is 5.97. The fourth-order valence-corrected chi connectivity index (χ4v) is 4.17. The molecule has 5 nitrogen and oxygen atoms in total. The van der Waals surface area contributed by atoms with Gasteiger partial charge in [0.15, 0.2) is 5.96 Å². The fourth-order valence-electron chi connectivity index (χ4n) is 4.17. The first-order valence-electron chi connectivity index (χ1n) is 8.16. The topological polar surface area (TPSA) is 54.9 Å². The lowest BCUT2D eigenvalue weighted by Crippen LogP contribution is -2.72. The summed E-state index contributed by atoms with van der Waals surface area (Å²) in [7, 11) is 3.58. The van der Waals surface area contributed by atoms with E-state index in [0.717, 1.165) is 19.1 Å². The summed E-state index contributed by atoms with van der Waals surface area (Å²) < 4.78 is 11.4. The van der Waals surface area contributed by atoms with Crippen molar-refractivity contribution in [3.05, 3.63) is 0 Å². The first-order valence-corrected chi connectivity index (χ1v) is 8.16. The van der Waals surface area contributed by atoms with E-state index in [1.165, 1.54) is 25.7 Å². The van der Waals surface area contributed by atoms with Crippen LogP contribution in [0.4, 0.5) is 0 Å². The highest BCUT2D eigenvalue weighted by atomic mass is 127. The molecule has 0 bridgehead atoms. The number of methoxy groups -OCH3 is 1. The number of hydrogen-bond donors (Lipinski definition) is 2. The van der Waals surface area contributed by atoms with Crippen LogP contribution in [0.15, 0.2) is 4.99 Å². The lowest BCUT2D eigenvalue weighted by Gasteiger charge is -2.63. The van der Waals surface area contributed by atoms with Gasteiger partial charge in [-0.1, -0.05) is 6.42 Å². The molecule has 1 saturated heterocycles. The van der Waals surface area contributed by atoms with Crippen molar-refractivity contribution in [3.63, 3.8) is 0 Å². The highest BCUT2D eigenvalue weighted by molar-refractivity contribution is 14.0. The van der Waals surface area contributed by atoms with E-state index in [-0.39, 0.29) is 29.6 Å². The minimum atomic E-state index is -0.190. The van der Waals surface area contributed by atoms with Crippen LogP contribution in [0.1, 0.15) is 39.5 Å². The third-order valence-corrected chi connectivity index (χ3v) is 5.79. The quantitative estimate of drug-likeness (QED) is 0.414. The Labute approximate surface area is 151 Å². The number of guanidine groups is 1. The van der Waals surface area contributed by atoms with Gasteiger partial charge < -0.3 is 20.1 Å². The molecule has 1 heterocycles. The lowest BCUT2D eigenvalue weighted by atomic mass is 9.46. The third-order valence-electron chi connectivity index (χ3n) is 5.79. The molecule has 0 amide bonds. The van der Waals surface area contributed by atoms with Gasteiger partial charge in [-0.05, 0) is 33.1 Å². The number of nitrogens with one attached hydrogen (secondary N) is 2. The number of aliphatic imine (C=N–C) groups is 1. The minimum absolute atomic E-state index is 0. The Morgan fingerprint density at radius 3 is 2.68 bits per heavy atom. The Hall–Kier alpha value is -0.0800. The Bertz CT molecular complexity index is 424. The van der Waals surface area contributed by atoms with E-state index in [0.29, 0.717) is 23.5 Å². The Balaban J connectivity index is 0.00000176. The maximum absolute atomic E-state index is 5.97. The zero-order valence-electron chi connectivity index (χ0n) is 14.1. The second-order valence-electron chi connectivity index (χ2n) is 7.34. The fraction of sp³-hybridized carbons (Fsp3) is 0.938. The van der Waals surface area contributed by atoms with Crippen LogP contribution < -0.4 is 10.6 Å². The van der Waals surface area contributed by atoms with E-state index in [1.807, 2.05) is 7.05 Å². The van der Waals surface area contributed by atoms with Gasteiger partial charge in [0.05, 0.1) is 11.7 Å². The summed E-state index contributed by atoms with van der Waals surface area (Å²) in [5.74, 6) is 1.56. The lowest BCUT2D eigenvalue weighted by molar-refractivity contribution is -0.171. The Kier molecular flexibility index (Phi) is 5.65. The van der Waals surface area contributed by atoms with Crippen LogP contribution in [0.5, 0.6) is 0 Å². The third kappa shape index (κ3) is 2.98. The van der Waals surface area contributed by atoms with Gasteiger partial charge in [-0.2, -0.15) is 0 Å². The summed E-state index contributed by atoms with van der Waals surface area (Å²) in [5, 5.41) is 7.07. The van der Waals surface area contributed by atoms with Gasteiger partial charge in [0.1, 0.15) is 0 Å². The van der Waals surface area contributed by atoms with E-state index in [4.69, 9.17) is 9.47 Å². The molecule has 2 N–H and O–H groups in total. The molecule has 3 aliphatic rings. The first-order chi connectivity index (χ1) is 10.0. The van der Waals surface area contributed by atoms with Crippen molar-refractivity contribution in [3.8, 4) is 0 Å². The van der Waals surface area contributed by atoms with Crippen LogP contribution in [0.25, 0.3) is 0 Å². The van der Waals surface area contributed by atoms with E-state index >= 15 is 0 Å². The molecule has 3 fully saturated rings. The second kappa shape index (κ2) is 6.81. The molecule has 3 unspecified atom stereocenters. The maximum Gasteiger partial charge on any atom is 0.191 e. The molecule has 0 aromatic heterocycles. The van der Waals surface area contributed by atoms with Crippen molar-refractivity contribution < 1.29 is 9.47 Å². The zero-order valence-corrected chi connectivity index (χ0v) is 16.5. The smallest absolute Gasteiger partial charge is 0.191 e. The number of nitrogens with zero attached hydrogens (tertiary/aromatic N) is 1. The monoisotopic (exact) mass is 423 g/mol. The van der Waals surface area contributed by atoms with E-state index in [9.17, 15) is 0 Å². The van der Waals surface area contributed by atoms with Crippen molar-refractivity contribution >= 4 is 29.9 Å². The predicted octanol–water partition coefficient (Wildman–Crippen LogP) is 2.15. The van der Waals surface area contributed by atoms with Gasteiger partial charge in [-0.25, -0.2) is 0 Å². The first kappa shape index (κ1) is 18.3. The minimum Gasteiger partial charge on any atom is -0.377 e. The molecule has 2 saturated carbocycles. The number of fused-ring (bicyclic) bond motifs is 2. The molecule has 6 heteroatoms. The summed E-state index contributed by atoms with van der Waals surface area (Å²) >= 11 is 0. The van der Waals surface area contributed by atoms with Crippen molar-refractivity contribution in [2.45, 2.75) is 57.3 Å². The molecule has 0 radical (unpaired) electrons. The molecule has 3 atom stereocenters. The highest BCUT2D eigenvalue weighted by Crippen LogP contribution is 2.62. The number of ether oxygens (including phenoxy) is 2. The van der Waals surface area contributed by atoms with Crippen LogP contribution in [-0.2, 0) is 9.47 Å². The SMILES string of the molecule is CN=C(NCC(C)(C)OC)NC1C2CCOC2C12CCC2.I. The van der Waals surface area contributed by atoms with Gasteiger partial charge in [-0.3, -0.25) is 4.99 Å². The van der Waals surface area contributed by atoms with E-state index in [1.54, 1.807) is 7.11 Å². The molecule has 2 aliphatic carbocycles. The molecule has 0 aromatic carbocycles. The van der Waals surface area contributed by atoms with Crippen molar-refractivity contribution in [1.82, 2.24) is 10.6 Å². The number of halogens is 1. The summed E-state index contributed by atoms with van der Waals surface area (Å²) in [6, 6.07) is 0.524. The number of hydrogen-bond acceptors (Lipinski definition) is 3. The summed E-state index contributed by atoms with van der Waals surface area (Å²) in [5.41, 5.74) is 0.194. The largest absolute Gasteiger partial charge is 0.377 e. The van der Waals surface area contributed by atoms with Crippen molar-refractivity contribution in [2.75, 3.05) is 27.3 Å². The standard InChI is InChI=1S/C16H29N3O2.HI/c1-15(2,20-4)10-18-14(17-3)19-12-11-6-9-21-13(11)16(12)7-5-8-16;/h11-13H,5-10H2,1-4H3,(H2,17,18,19);1H. The van der Waals surface area contributed by atoms with Crippen LogP contribution >= 0.6 is 24.0 Å². The molecule has 3 rings (SSSR count). The van der Waals surface area contributed by atoms with Crippen molar-refractivity contribution in [2.24, 2.45) is 16.3 Å². The molecular weight excluding hydrogens is 393 g/mol. The molecule has 22 heavy (non-hydrogen) atoms. The van der Waals surface area contributed by atoms with Crippen LogP contribution in [0.3, 0.4) is 0 Å². The summed E-state index contributed by atoms with van der Waals surface area (Å²) in [4.78, 5) is 4.38. The zero-order chi connectivity index (χ0) is 15.1. The molecule has 1 spiro atoms. The number of rotatable bonds is 4. The Morgan fingerprint density at radius 2 is 2.14 bits per heavy atom.